The minimum absolute atomic E-state index is 0.104. The fourth-order valence-electron chi connectivity index (χ4n) is 3.35. The number of carbonyl (C=O) groups is 1. The average Bonchev–Trinajstić information content (AvgIpc) is 3.34. The molecule has 0 amide bonds. The number of aromatic nitrogens is 1. The molecule has 1 aromatic carbocycles. The number of quaternary nitrogens is 1. The van der Waals surface area contributed by atoms with Gasteiger partial charge in [-0.15, -0.1) is 0 Å². The summed E-state index contributed by atoms with van der Waals surface area (Å²) in [5, 5.41) is 4.17. The van der Waals surface area contributed by atoms with Crippen molar-refractivity contribution < 1.29 is 18.6 Å². The van der Waals surface area contributed by atoms with E-state index in [1.165, 1.54) is 10.6 Å². The third-order valence-electron chi connectivity index (χ3n) is 4.86. The highest BCUT2D eigenvalue weighted by Gasteiger charge is 2.22. The van der Waals surface area contributed by atoms with Gasteiger partial charge in [-0.2, -0.15) is 0 Å². The summed E-state index contributed by atoms with van der Waals surface area (Å²) in [6, 6.07) is 13.5. The summed E-state index contributed by atoms with van der Waals surface area (Å²) in [6.07, 6.45) is 1.63. The summed E-state index contributed by atoms with van der Waals surface area (Å²) >= 11 is 0. The molecule has 1 N–H and O–H groups in total. The van der Waals surface area contributed by atoms with Crippen molar-refractivity contribution in [1.29, 1.82) is 0 Å². The maximum absolute atomic E-state index is 11.4. The van der Waals surface area contributed by atoms with E-state index in [-0.39, 0.29) is 5.78 Å². The highest BCUT2D eigenvalue weighted by molar-refractivity contribution is 5.94. The number of furan rings is 1. The summed E-state index contributed by atoms with van der Waals surface area (Å²) in [5.74, 6) is 1.48. The third-order valence-corrected chi connectivity index (χ3v) is 4.86. The van der Waals surface area contributed by atoms with Gasteiger partial charge in [-0.05, 0) is 43.3 Å². The Bertz CT molecular complexity index is 860. The molecule has 0 atom stereocenters. The molecular formula is C20H22N3O3+. The lowest BCUT2D eigenvalue weighted by molar-refractivity contribution is -0.914. The van der Waals surface area contributed by atoms with Gasteiger partial charge >= 0.3 is 0 Å². The van der Waals surface area contributed by atoms with Crippen LogP contribution in [0, 0.1) is 0 Å². The van der Waals surface area contributed by atoms with Crippen molar-refractivity contribution >= 4 is 11.5 Å². The molecule has 3 aromatic rings. The molecule has 26 heavy (non-hydrogen) atoms. The molecule has 1 aliphatic heterocycles. The second-order valence-electron chi connectivity index (χ2n) is 6.68. The molecule has 0 radical (unpaired) electrons. The van der Waals surface area contributed by atoms with Gasteiger partial charge in [0.1, 0.15) is 12.2 Å². The molecule has 0 aliphatic carbocycles. The van der Waals surface area contributed by atoms with E-state index < -0.39 is 0 Å². The molecule has 134 valence electrons. The van der Waals surface area contributed by atoms with Gasteiger partial charge in [0.2, 0.25) is 5.76 Å². The number of hydrogen-bond donors (Lipinski definition) is 1. The molecule has 6 nitrogen and oxygen atoms in total. The van der Waals surface area contributed by atoms with Crippen molar-refractivity contribution in [2.45, 2.75) is 13.5 Å². The van der Waals surface area contributed by atoms with E-state index in [0.717, 1.165) is 44.0 Å². The molecule has 2 aromatic heterocycles. The lowest BCUT2D eigenvalue weighted by atomic mass is 10.1. The minimum Gasteiger partial charge on any atom is -0.461 e. The molecule has 3 heterocycles. The first-order valence-corrected chi connectivity index (χ1v) is 8.88. The number of piperazine rings is 1. The Kier molecular flexibility index (Phi) is 4.58. The number of Topliss-reactive ketones (excluding diaryl/α,β-unsaturated/α-hetero) is 1. The topological polar surface area (TPSA) is 63.9 Å². The van der Waals surface area contributed by atoms with Crippen LogP contribution in [0.25, 0.3) is 11.5 Å². The van der Waals surface area contributed by atoms with E-state index in [1.807, 2.05) is 42.5 Å². The van der Waals surface area contributed by atoms with E-state index >= 15 is 0 Å². The van der Waals surface area contributed by atoms with Crippen LogP contribution in [0.15, 0.2) is 57.7 Å². The SMILES string of the molecule is CC(=O)c1ccc(N2CC[NH+](Cc3cc(-c4ccco4)on3)CC2)cc1. The van der Waals surface area contributed by atoms with Crippen LogP contribution in [-0.2, 0) is 6.54 Å². The Hall–Kier alpha value is -2.86. The van der Waals surface area contributed by atoms with E-state index in [9.17, 15) is 4.79 Å². The van der Waals surface area contributed by atoms with Crippen LogP contribution >= 0.6 is 0 Å². The van der Waals surface area contributed by atoms with Gasteiger partial charge in [0.25, 0.3) is 0 Å². The zero-order chi connectivity index (χ0) is 17.9. The third kappa shape index (κ3) is 3.55. The first-order chi connectivity index (χ1) is 12.7. The largest absolute Gasteiger partial charge is 0.461 e. The van der Waals surface area contributed by atoms with Crippen molar-refractivity contribution in [3.8, 4) is 11.5 Å². The number of ketones is 1. The van der Waals surface area contributed by atoms with E-state index in [2.05, 4.69) is 10.1 Å². The van der Waals surface area contributed by atoms with Crippen molar-refractivity contribution in [3.05, 3.63) is 60.0 Å². The zero-order valence-electron chi connectivity index (χ0n) is 14.8. The summed E-state index contributed by atoms with van der Waals surface area (Å²) in [7, 11) is 0. The summed E-state index contributed by atoms with van der Waals surface area (Å²) in [6.45, 7) is 6.49. The van der Waals surface area contributed by atoms with Gasteiger partial charge in [0.05, 0.1) is 32.4 Å². The molecule has 4 rings (SSSR count). The number of carbonyl (C=O) groups excluding carboxylic acids is 1. The Balaban J connectivity index is 1.33. The molecular weight excluding hydrogens is 330 g/mol. The van der Waals surface area contributed by atoms with Gasteiger partial charge in [-0.25, -0.2) is 0 Å². The van der Waals surface area contributed by atoms with E-state index in [4.69, 9.17) is 8.94 Å². The van der Waals surface area contributed by atoms with Crippen LogP contribution in [0.1, 0.15) is 23.0 Å². The van der Waals surface area contributed by atoms with Gasteiger partial charge in [0, 0.05) is 17.3 Å². The Labute approximate surface area is 152 Å². The van der Waals surface area contributed by atoms with Gasteiger partial charge < -0.3 is 18.7 Å². The van der Waals surface area contributed by atoms with E-state index in [1.54, 1.807) is 13.2 Å². The monoisotopic (exact) mass is 352 g/mol. The fraction of sp³-hybridized carbons (Fsp3) is 0.300. The number of rotatable bonds is 5. The first-order valence-electron chi connectivity index (χ1n) is 8.88. The lowest BCUT2D eigenvalue weighted by Gasteiger charge is -2.33. The first kappa shape index (κ1) is 16.6. The smallest absolute Gasteiger partial charge is 0.202 e. The van der Waals surface area contributed by atoms with Gasteiger partial charge in [0.15, 0.2) is 11.5 Å². The van der Waals surface area contributed by atoms with Crippen LogP contribution < -0.4 is 9.80 Å². The fourth-order valence-corrected chi connectivity index (χ4v) is 3.35. The second-order valence-corrected chi connectivity index (χ2v) is 6.68. The molecule has 1 aliphatic rings. The van der Waals surface area contributed by atoms with Crippen LogP contribution in [-0.4, -0.2) is 37.1 Å². The van der Waals surface area contributed by atoms with Crippen molar-refractivity contribution in [1.82, 2.24) is 5.16 Å². The summed E-state index contributed by atoms with van der Waals surface area (Å²) in [4.78, 5) is 15.2. The number of nitrogens with zero attached hydrogens (tertiary/aromatic N) is 2. The van der Waals surface area contributed by atoms with Crippen molar-refractivity contribution in [3.63, 3.8) is 0 Å². The van der Waals surface area contributed by atoms with Crippen LogP contribution in [0.3, 0.4) is 0 Å². The summed E-state index contributed by atoms with van der Waals surface area (Å²) in [5.41, 5.74) is 2.89. The molecule has 1 fully saturated rings. The quantitative estimate of drug-likeness (QED) is 0.712. The van der Waals surface area contributed by atoms with Crippen molar-refractivity contribution in [2.24, 2.45) is 0 Å². The number of anilines is 1. The number of nitrogens with one attached hydrogen (secondary N) is 1. The Morgan fingerprint density at radius 2 is 1.92 bits per heavy atom. The highest BCUT2D eigenvalue weighted by Crippen LogP contribution is 2.20. The maximum atomic E-state index is 11.4. The molecule has 6 heteroatoms. The Morgan fingerprint density at radius 3 is 2.58 bits per heavy atom. The number of hydrogen-bond acceptors (Lipinski definition) is 5. The number of benzene rings is 1. The standard InChI is InChI=1S/C20H21N3O3/c1-15(24)16-4-6-18(7-5-16)23-10-8-22(9-11-23)14-17-13-20(26-21-17)19-3-2-12-25-19/h2-7,12-13H,8-11,14H2,1H3/p+1. The predicted molar refractivity (Wildman–Crippen MR) is 97.3 cm³/mol. The minimum atomic E-state index is 0.104. The molecule has 0 unspecified atom stereocenters. The molecule has 0 bridgehead atoms. The molecule has 0 spiro atoms. The molecule has 1 saturated heterocycles. The second kappa shape index (κ2) is 7.17. The normalized spacial score (nSPS) is 15.3. The summed E-state index contributed by atoms with van der Waals surface area (Å²) < 4.78 is 10.7. The Morgan fingerprint density at radius 1 is 1.15 bits per heavy atom. The van der Waals surface area contributed by atoms with Gasteiger partial charge in [-0.3, -0.25) is 4.79 Å². The maximum Gasteiger partial charge on any atom is 0.202 e. The van der Waals surface area contributed by atoms with Crippen LogP contribution in [0.2, 0.25) is 0 Å². The van der Waals surface area contributed by atoms with Gasteiger partial charge in [-0.1, -0.05) is 5.16 Å². The predicted octanol–water partition coefficient (Wildman–Crippen LogP) is 2.04. The van der Waals surface area contributed by atoms with Crippen molar-refractivity contribution in [2.75, 3.05) is 31.1 Å². The van der Waals surface area contributed by atoms with E-state index in [0.29, 0.717) is 11.5 Å². The van der Waals surface area contributed by atoms with Crippen LogP contribution in [0.4, 0.5) is 5.69 Å². The zero-order valence-corrected chi connectivity index (χ0v) is 14.8. The average molecular weight is 352 g/mol. The van der Waals surface area contributed by atoms with Crippen LogP contribution in [0.5, 0.6) is 0 Å². The lowest BCUT2D eigenvalue weighted by Crippen LogP contribution is -3.13. The molecule has 0 saturated carbocycles. The highest BCUT2D eigenvalue weighted by atomic mass is 16.5.